The Kier molecular flexibility index (Phi) is 9.31. The largest absolute Gasteiger partial charge is 0.494 e. The van der Waals surface area contributed by atoms with Gasteiger partial charge >= 0.3 is 0 Å². The number of ether oxygens (including phenoxy) is 1. The zero-order valence-corrected chi connectivity index (χ0v) is 16.7. The Morgan fingerprint density at radius 2 is 1.96 bits per heavy atom. The molecule has 5 nitrogen and oxygen atoms in total. The van der Waals surface area contributed by atoms with Crippen molar-refractivity contribution in [3.05, 3.63) is 29.8 Å². The Labute approximate surface area is 156 Å². The molecule has 1 saturated carbocycles. The maximum absolute atomic E-state index is 5.74. The van der Waals surface area contributed by atoms with Crippen molar-refractivity contribution in [1.29, 1.82) is 0 Å². The van der Waals surface area contributed by atoms with Crippen molar-refractivity contribution in [3.8, 4) is 5.75 Å². The second kappa shape index (κ2) is 10.7. The summed E-state index contributed by atoms with van der Waals surface area (Å²) in [4.78, 5) is 6.40. The molecule has 0 aliphatic heterocycles. The molecular weight excluding hydrogens is 403 g/mol. The first-order chi connectivity index (χ1) is 10.7. The number of guanidine groups is 1. The fraction of sp³-hybridized carbons (Fsp3) is 0.588. The second-order valence-electron chi connectivity index (χ2n) is 5.99. The summed E-state index contributed by atoms with van der Waals surface area (Å²) in [6.07, 6.45) is 3.54. The molecule has 23 heavy (non-hydrogen) atoms. The molecule has 1 aliphatic carbocycles. The van der Waals surface area contributed by atoms with Gasteiger partial charge in [-0.15, -0.1) is 24.0 Å². The zero-order valence-electron chi connectivity index (χ0n) is 14.3. The molecular formula is C17H29IN4O. The highest BCUT2D eigenvalue weighted by Crippen LogP contribution is 2.18. The van der Waals surface area contributed by atoms with Gasteiger partial charge in [-0.05, 0) is 51.1 Å². The average molecular weight is 432 g/mol. The van der Waals surface area contributed by atoms with Gasteiger partial charge in [0.1, 0.15) is 5.75 Å². The van der Waals surface area contributed by atoms with E-state index in [2.05, 4.69) is 46.8 Å². The molecule has 0 aromatic heterocycles. The van der Waals surface area contributed by atoms with E-state index >= 15 is 0 Å². The number of hydrogen-bond acceptors (Lipinski definition) is 3. The highest BCUT2D eigenvalue weighted by Gasteiger charge is 2.21. The van der Waals surface area contributed by atoms with E-state index < -0.39 is 0 Å². The van der Waals surface area contributed by atoms with Crippen molar-refractivity contribution in [2.75, 3.05) is 34.3 Å². The summed E-state index contributed by atoms with van der Waals surface area (Å²) in [7, 11) is 5.96. The number of nitrogens with zero attached hydrogens (tertiary/aromatic N) is 2. The van der Waals surface area contributed by atoms with E-state index in [-0.39, 0.29) is 24.0 Å². The van der Waals surface area contributed by atoms with Gasteiger partial charge in [0.15, 0.2) is 5.96 Å². The second-order valence-corrected chi connectivity index (χ2v) is 5.99. The summed E-state index contributed by atoms with van der Waals surface area (Å²) < 4.78 is 5.74. The molecule has 6 heteroatoms. The molecule has 2 rings (SSSR count). The van der Waals surface area contributed by atoms with Crippen molar-refractivity contribution in [2.45, 2.75) is 31.8 Å². The van der Waals surface area contributed by atoms with Gasteiger partial charge in [-0.25, -0.2) is 0 Å². The quantitative estimate of drug-likeness (QED) is 0.287. The first kappa shape index (κ1) is 20.0. The molecule has 130 valence electrons. The summed E-state index contributed by atoms with van der Waals surface area (Å²) in [5.74, 6) is 1.81. The molecule has 0 bridgehead atoms. The SMILES string of the molecule is CN=C(NCc1ccc(OCCCN(C)C)cc1)NC1CC1.I. The molecule has 0 amide bonds. The molecule has 0 unspecified atom stereocenters. The number of rotatable bonds is 8. The third-order valence-electron chi connectivity index (χ3n) is 3.54. The van der Waals surface area contributed by atoms with Crippen molar-refractivity contribution in [2.24, 2.45) is 4.99 Å². The third-order valence-corrected chi connectivity index (χ3v) is 3.54. The van der Waals surface area contributed by atoms with E-state index in [9.17, 15) is 0 Å². The lowest BCUT2D eigenvalue weighted by Crippen LogP contribution is -2.38. The van der Waals surface area contributed by atoms with Crippen LogP contribution in [0.2, 0.25) is 0 Å². The van der Waals surface area contributed by atoms with E-state index in [0.29, 0.717) is 6.04 Å². The molecule has 2 N–H and O–H groups in total. The fourth-order valence-electron chi connectivity index (χ4n) is 2.08. The van der Waals surface area contributed by atoms with Crippen LogP contribution in [0.3, 0.4) is 0 Å². The van der Waals surface area contributed by atoms with Crippen LogP contribution in [-0.4, -0.2) is 51.2 Å². The summed E-state index contributed by atoms with van der Waals surface area (Å²) in [6.45, 7) is 2.58. The molecule has 0 radical (unpaired) electrons. The summed E-state index contributed by atoms with van der Waals surface area (Å²) in [6, 6.07) is 8.87. The van der Waals surface area contributed by atoms with Crippen LogP contribution in [0.4, 0.5) is 0 Å². The van der Waals surface area contributed by atoms with Crippen molar-refractivity contribution >= 4 is 29.9 Å². The van der Waals surface area contributed by atoms with Gasteiger partial charge in [-0.3, -0.25) is 4.99 Å². The first-order valence-corrected chi connectivity index (χ1v) is 8.01. The molecule has 1 aromatic rings. The lowest BCUT2D eigenvalue weighted by molar-refractivity contribution is 0.281. The van der Waals surface area contributed by atoms with Crippen molar-refractivity contribution in [3.63, 3.8) is 0 Å². The number of halogens is 1. The molecule has 1 fully saturated rings. The molecule has 1 aromatic carbocycles. The summed E-state index contributed by atoms with van der Waals surface area (Å²) in [5, 5.41) is 6.71. The minimum Gasteiger partial charge on any atom is -0.494 e. The van der Waals surface area contributed by atoms with Crippen LogP contribution >= 0.6 is 24.0 Å². The standard InChI is InChI=1S/C17H28N4O.HI/c1-18-17(20-15-7-8-15)19-13-14-5-9-16(10-6-14)22-12-4-11-21(2)3;/h5-6,9-10,15H,4,7-8,11-13H2,1-3H3,(H2,18,19,20);1H. The lowest BCUT2D eigenvalue weighted by atomic mass is 10.2. The average Bonchev–Trinajstić information content (AvgIpc) is 3.33. The highest BCUT2D eigenvalue weighted by molar-refractivity contribution is 14.0. The molecule has 1 aliphatic rings. The predicted octanol–water partition coefficient (Wildman–Crippen LogP) is 2.46. The van der Waals surface area contributed by atoms with E-state index in [1.54, 1.807) is 0 Å². The van der Waals surface area contributed by atoms with E-state index in [0.717, 1.165) is 37.8 Å². The van der Waals surface area contributed by atoms with E-state index in [1.807, 2.05) is 19.2 Å². The highest BCUT2D eigenvalue weighted by atomic mass is 127. The Morgan fingerprint density at radius 1 is 1.26 bits per heavy atom. The van der Waals surface area contributed by atoms with E-state index in [4.69, 9.17) is 4.74 Å². The van der Waals surface area contributed by atoms with Crippen LogP contribution in [-0.2, 0) is 6.54 Å². The molecule has 0 spiro atoms. The van der Waals surface area contributed by atoms with Crippen molar-refractivity contribution in [1.82, 2.24) is 15.5 Å². The van der Waals surface area contributed by atoms with Crippen LogP contribution in [0, 0.1) is 0 Å². The van der Waals surface area contributed by atoms with Gasteiger partial charge in [0, 0.05) is 26.2 Å². The normalized spacial score (nSPS) is 14.3. The maximum Gasteiger partial charge on any atom is 0.191 e. The topological polar surface area (TPSA) is 48.9 Å². The minimum atomic E-state index is 0. The Bertz CT molecular complexity index is 472. The van der Waals surface area contributed by atoms with Gasteiger partial charge < -0.3 is 20.3 Å². The van der Waals surface area contributed by atoms with Crippen LogP contribution < -0.4 is 15.4 Å². The Morgan fingerprint density at radius 3 is 2.52 bits per heavy atom. The van der Waals surface area contributed by atoms with Crippen LogP contribution in [0.15, 0.2) is 29.3 Å². The van der Waals surface area contributed by atoms with Crippen LogP contribution in [0.25, 0.3) is 0 Å². The summed E-state index contributed by atoms with van der Waals surface area (Å²) in [5.41, 5.74) is 1.22. The fourth-order valence-corrected chi connectivity index (χ4v) is 2.08. The van der Waals surface area contributed by atoms with Crippen LogP contribution in [0.5, 0.6) is 5.75 Å². The number of hydrogen-bond donors (Lipinski definition) is 2. The maximum atomic E-state index is 5.74. The monoisotopic (exact) mass is 432 g/mol. The molecule has 0 saturated heterocycles. The van der Waals surface area contributed by atoms with Crippen LogP contribution in [0.1, 0.15) is 24.8 Å². The number of aliphatic imine (C=N–C) groups is 1. The minimum absolute atomic E-state index is 0. The Balaban J connectivity index is 0.00000264. The number of benzene rings is 1. The van der Waals surface area contributed by atoms with Gasteiger partial charge in [0.2, 0.25) is 0 Å². The smallest absolute Gasteiger partial charge is 0.191 e. The lowest BCUT2D eigenvalue weighted by Gasteiger charge is -2.12. The van der Waals surface area contributed by atoms with Gasteiger partial charge in [0.05, 0.1) is 6.61 Å². The number of nitrogens with one attached hydrogen (secondary N) is 2. The Hall–Kier alpha value is -1.02. The molecule has 0 heterocycles. The summed E-state index contributed by atoms with van der Waals surface area (Å²) >= 11 is 0. The predicted molar refractivity (Wildman–Crippen MR) is 107 cm³/mol. The molecule has 0 atom stereocenters. The van der Waals surface area contributed by atoms with Gasteiger partial charge in [0.25, 0.3) is 0 Å². The first-order valence-electron chi connectivity index (χ1n) is 8.01. The van der Waals surface area contributed by atoms with Crippen molar-refractivity contribution < 1.29 is 4.74 Å². The van der Waals surface area contributed by atoms with Gasteiger partial charge in [-0.2, -0.15) is 0 Å². The van der Waals surface area contributed by atoms with E-state index in [1.165, 1.54) is 18.4 Å². The zero-order chi connectivity index (χ0) is 15.8. The van der Waals surface area contributed by atoms with Gasteiger partial charge in [-0.1, -0.05) is 12.1 Å². The third kappa shape index (κ3) is 8.41.